The van der Waals surface area contributed by atoms with Crippen molar-refractivity contribution in [1.29, 1.82) is 0 Å². The van der Waals surface area contributed by atoms with E-state index < -0.39 is 59.7 Å². The van der Waals surface area contributed by atoms with Gasteiger partial charge in [0.15, 0.2) is 23.6 Å². The van der Waals surface area contributed by atoms with Gasteiger partial charge in [-0.2, -0.15) is 0 Å². The molecule has 0 aromatic carbocycles. The highest BCUT2D eigenvalue weighted by Gasteiger charge is 2.44. The highest BCUT2D eigenvalue weighted by atomic mass is 31.3. The summed E-state index contributed by atoms with van der Waals surface area (Å²) in [6.45, 7) is -0.607. The molecule has 0 aliphatic carbocycles. The van der Waals surface area contributed by atoms with E-state index in [1.807, 2.05) is 0 Å². The Morgan fingerprint density at radius 3 is 2.50 bits per heavy atom. The normalized spacial score (nSPS) is 28.2. The van der Waals surface area contributed by atoms with Crippen LogP contribution >= 0.6 is 22.8 Å². The molecule has 2 aromatic rings. The molecule has 0 radical (unpaired) electrons. The number of nitrogens with zero attached hydrogens (tertiary/aromatic N) is 4. The van der Waals surface area contributed by atoms with Crippen LogP contribution in [0.15, 0.2) is 24.5 Å². The van der Waals surface area contributed by atoms with Gasteiger partial charge in [-0.15, -0.1) is 0 Å². The van der Waals surface area contributed by atoms with Crippen molar-refractivity contribution in [2.24, 2.45) is 5.92 Å². The average molecular weight is 515 g/mol. The van der Waals surface area contributed by atoms with E-state index >= 15 is 0 Å². The Morgan fingerprint density at radius 1 is 1.19 bits per heavy atom. The number of ether oxygens (including phenoxy) is 1. The monoisotopic (exact) mass is 515 g/mol. The Balaban J connectivity index is 1.81. The van der Waals surface area contributed by atoms with Gasteiger partial charge >= 0.3 is 22.8 Å². The number of nitrogen functional groups attached to an aromatic ring is 1. The minimum atomic E-state index is -5.12. The van der Waals surface area contributed by atoms with E-state index in [0.717, 1.165) is 6.08 Å². The third-order valence-electron chi connectivity index (χ3n) is 4.39. The number of aliphatic hydroxyl groups excluding tert-OH is 2. The largest absolute Gasteiger partial charge is 0.396 e. The summed E-state index contributed by atoms with van der Waals surface area (Å²) >= 11 is 0. The number of rotatable bonds is 8. The van der Waals surface area contributed by atoms with Crippen LogP contribution in [-0.4, -0.2) is 74.0 Å². The van der Waals surface area contributed by atoms with Crippen molar-refractivity contribution in [2.75, 3.05) is 18.2 Å². The molecule has 178 valence electrons. The Hall–Kier alpha value is -1.54. The summed E-state index contributed by atoms with van der Waals surface area (Å²) in [5, 5.41) is 20.2. The molecule has 32 heavy (non-hydrogen) atoms. The van der Waals surface area contributed by atoms with E-state index in [1.54, 1.807) is 0 Å². The number of aromatic nitrogens is 4. The van der Waals surface area contributed by atoms with E-state index in [1.165, 1.54) is 17.2 Å². The van der Waals surface area contributed by atoms with Crippen LogP contribution in [0.2, 0.25) is 0 Å². The van der Waals surface area contributed by atoms with Crippen LogP contribution in [0.1, 0.15) is 6.23 Å². The van der Waals surface area contributed by atoms with Crippen molar-refractivity contribution in [3.05, 3.63) is 24.5 Å². The number of anilines is 1. The maximum Gasteiger partial charge on any atom is 0.358 e. The molecule has 8 N–H and O–H groups in total. The van der Waals surface area contributed by atoms with Gasteiger partial charge in [0.2, 0.25) is 0 Å². The number of hydrogen-bond donors (Lipinski definition) is 7. The predicted molar refractivity (Wildman–Crippen MR) is 107 cm³/mol. The van der Waals surface area contributed by atoms with Crippen LogP contribution in [0.3, 0.4) is 0 Å². The minimum Gasteiger partial charge on any atom is -0.396 e. The molecule has 2 unspecified atom stereocenters. The Bertz CT molecular complexity index is 1170. The maximum atomic E-state index is 12.1. The first-order valence-electron chi connectivity index (χ1n) is 8.70. The summed E-state index contributed by atoms with van der Waals surface area (Å²) in [6.07, 6.45) is -0.276. The summed E-state index contributed by atoms with van der Waals surface area (Å²) in [7, 11) is -15.1. The van der Waals surface area contributed by atoms with Gasteiger partial charge in [-0.1, -0.05) is 0 Å². The highest BCUT2D eigenvalue weighted by molar-refractivity contribution is 7.75. The predicted octanol–water partition coefficient (Wildman–Crippen LogP) is -0.688. The summed E-state index contributed by atoms with van der Waals surface area (Å²) in [6, 6.07) is 0. The second-order valence-electron chi connectivity index (χ2n) is 6.84. The molecule has 3 rings (SSSR count). The minimum absolute atomic E-state index is 0.0819. The smallest absolute Gasteiger partial charge is 0.358 e. The van der Waals surface area contributed by atoms with Crippen LogP contribution in [-0.2, 0) is 22.7 Å². The van der Waals surface area contributed by atoms with Gasteiger partial charge in [-0.3, -0.25) is 18.3 Å². The van der Waals surface area contributed by atoms with E-state index in [4.69, 9.17) is 20.3 Å². The quantitative estimate of drug-likeness (QED) is 0.215. The molecule has 1 aliphatic rings. The van der Waals surface area contributed by atoms with Gasteiger partial charge in [0, 0.05) is 11.7 Å². The number of fused-ring (bicyclic) bond motifs is 1. The first kappa shape index (κ1) is 25.1. The lowest BCUT2D eigenvalue weighted by atomic mass is 9.99. The molecule has 2 aromatic heterocycles. The fourth-order valence-corrected chi connectivity index (χ4v) is 7.70. The van der Waals surface area contributed by atoms with Crippen LogP contribution in [0.4, 0.5) is 5.82 Å². The summed E-state index contributed by atoms with van der Waals surface area (Å²) in [5.74, 6) is -2.11. The van der Waals surface area contributed by atoms with Gasteiger partial charge in [-0.25, -0.2) is 19.3 Å². The van der Waals surface area contributed by atoms with Gasteiger partial charge in [0.05, 0.1) is 19.0 Å². The number of nitrogens with two attached hydrogens (primary N) is 1. The molecule has 0 saturated carbocycles. The number of imidazole rings is 1. The van der Waals surface area contributed by atoms with E-state index in [-0.39, 0.29) is 17.0 Å². The molecular weight excluding hydrogens is 495 g/mol. The zero-order valence-electron chi connectivity index (χ0n) is 16.0. The standard InChI is InChI=1S/C13H20N5O11P3/c14-11-9-12(16-4-15-11)18(5-17-9)13-10(20)7(3-19)8(28-13)1-2-31(24,25)29-32(26,27)6-30(21,22)23/h1-2,4-5,7-8,10,13,19-20H,3,6H2,(H,24,25)(H,26,27)(H2,14,15,16)(H2,21,22,23)/t7-,8-,10-,13-/m1/s1. The van der Waals surface area contributed by atoms with Crippen LogP contribution in [0, 0.1) is 5.92 Å². The zero-order chi connectivity index (χ0) is 23.9. The van der Waals surface area contributed by atoms with Gasteiger partial charge in [0.1, 0.15) is 17.9 Å². The lowest BCUT2D eigenvalue weighted by Crippen LogP contribution is -2.28. The summed E-state index contributed by atoms with van der Waals surface area (Å²) in [4.78, 5) is 48.6. The van der Waals surface area contributed by atoms with Crippen molar-refractivity contribution >= 4 is 39.8 Å². The number of hydrogen-bond acceptors (Lipinski definition) is 11. The molecule has 0 amide bonds. The lowest BCUT2D eigenvalue weighted by Gasteiger charge is -2.17. The van der Waals surface area contributed by atoms with Crippen LogP contribution in [0.25, 0.3) is 11.2 Å². The molecular formula is C13H20N5O11P3. The third kappa shape index (κ3) is 5.68. The molecule has 0 bridgehead atoms. The highest BCUT2D eigenvalue weighted by Crippen LogP contribution is 2.65. The molecule has 1 fully saturated rings. The molecule has 1 aliphatic heterocycles. The molecule has 3 heterocycles. The Labute approximate surface area is 179 Å². The second kappa shape index (κ2) is 9.01. The number of aliphatic hydroxyl groups is 2. The topological polar surface area (TPSA) is 261 Å². The average Bonchev–Trinajstić information content (AvgIpc) is 3.18. The van der Waals surface area contributed by atoms with E-state index in [9.17, 15) is 33.7 Å². The fourth-order valence-electron chi connectivity index (χ4n) is 3.10. The Kier molecular flexibility index (Phi) is 7.06. The van der Waals surface area contributed by atoms with Crippen LogP contribution in [0.5, 0.6) is 0 Å². The maximum absolute atomic E-state index is 12.1. The lowest BCUT2D eigenvalue weighted by molar-refractivity contribution is -0.0234. The summed E-state index contributed by atoms with van der Waals surface area (Å²) in [5.41, 5.74) is 6.18. The molecule has 19 heteroatoms. The first-order valence-corrected chi connectivity index (χ1v) is 13.9. The molecule has 6 atom stereocenters. The third-order valence-corrected chi connectivity index (χ3v) is 9.80. The second-order valence-corrected chi connectivity index (χ2v) is 12.7. The first-order chi connectivity index (χ1) is 14.7. The van der Waals surface area contributed by atoms with Gasteiger partial charge < -0.3 is 40.3 Å². The van der Waals surface area contributed by atoms with E-state index in [2.05, 4.69) is 19.3 Å². The van der Waals surface area contributed by atoms with Gasteiger partial charge in [0.25, 0.3) is 0 Å². The summed E-state index contributed by atoms with van der Waals surface area (Å²) < 4.78 is 45.8. The van der Waals surface area contributed by atoms with Crippen molar-refractivity contribution in [3.8, 4) is 0 Å². The molecule has 1 saturated heterocycles. The van der Waals surface area contributed by atoms with Crippen molar-refractivity contribution in [3.63, 3.8) is 0 Å². The fraction of sp³-hybridized carbons (Fsp3) is 0.462. The Morgan fingerprint density at radius 2 is 1.88 bits per heavy atom. The van der Waals surface area contributed by atoms with Crippen molar-refractivity contribution in [2.45, 2.75) is 18.4 Å². The van der Waals surface area contributed by atoms with Crippen molar-refractivity contribution < 1.29 is 52.5 Å². The SMILES string of the molecule is Nc1ncnc2c1ncn2[C@@H]1O[C@H](C=CP(=O)(O)OP(=O)(O)CP(=O)(O)O)[C@@H](CO)[C@H]1O. The zero-order valence-corrected chi connectivity index (χ0v) is 18.6. The molecule has 16 nitrogen and oxygen atoms in total. The molecule has 0 spiro atoms. The van der Waals surface area contributed by atoms with Crippen LogP contribution < -0.4 is 5.73 Å². The van der Waals surface area contributed by atoms with Crippen molar-refractivity contribution in [1.82, 2.24) is 19.5 Å². The van der Waals surface area contributed by atoms with Gasteiger partial charge in [-0.05, 0) is 6.08 Å². The van der Waals surface area contributed by atoms with E-state index in [0.29, 0.717) is 5.82 Å².